The zero-order valence-corrected chi connectivity index (χ0v) is 14.5. The summed E-state index contributed by atoms with van der Waals surface area (Å²) in [6.07, 6.45) is 8.80. The van der Waals surface area contributed by atoms with E-state index in [-0.39, 0.29) is 12.0 Å². The van der Waals surface area contributed by atoms with Crippen molar-refractivity contribution in [2.45, 2.75) is 24.5 Å². The number of aromatic nitrogens is 4. The summed E-state index contributed by atoms with van der Waals surface area (Å²) in [7, 11) is 1.89. The second-order valence-electron chi connectivity index (χ2n) is 6.79. The van der Waals surface area contributed by atoms with E-state index < -0.39 is 5.54 Å². The number of nitrogens with one attached hydrogen (secondary N) is 1. The molecule has 2 saturated heterocycles. The molecule has 2 aliphatic rings. The van der Waals surface area contributed by atoms with Gasteiger partial charge in [0.1, 0.15) is 11.6 Å². The first-order valence-electron chi connectivity index (χ1n) is 8.79. The molecule has 2 fully saturated rings. The summed E-state index contributed by atoms with van der Waals surface area (Å²) in [5, 5.41) is 12.0. The summed E-state index contributed by atoms with van der Waals surface area (Å²) in [5.41, 5.74) is 0.421. The number of hydrogen-bond acceptors (Lipinski definition) is 5. The first-order valence-corrected chi connectivity index (χ1v) is 8.79. The van der Waals surface area contributed by atoms with Crippen molar-refractivity contribution in [2.75, 3.05) is 32.8 Å². The lowest BCUT2D eigenvalue weighted by Gasteiger charge is -2.42. The normalized spacial score (nSPS) is 23.6. The van der Waals surface area contributed by atoms with Crippen molar-refractivity contribution in [2.24, 2.45) is 7.05 Å². The monoisotopic (exact) mass is 344 g/mol. The van der Waals surface area contributed by atoms with Crippen LogP contribution in [0.5, 0.6) is 0 Å². The molecule has 2 aromatic heterocycles. The van der Waals surface area contributed by atoms with E-state index in [0.29, 0.717) is 19.7 Å². The standard InChI is InChI=1S/C17H24N6O2/c1-21-12-14(11-20-21)15-13-22(9-10-25-15)16(24)17(3-6-18-7-4-17)23-8-2-5-19-23/h2,5,8,11-12,15,18H,3-4,6-7,9-10,13H2,1H3. The molecule has 0 aliphatic carbocycles. The van der Waals surface area contributed by atoms with Gasteiger partial charge in [0, 0.05) is 37.7 Å². The number of ether oxygens (including phenoxy) is 1. The highest BCUT2D eigenvalue weighted by atomic mass is 16.5. The second-order valence-corrected chi connectivity index (χ2v) is 6.79. The van der Waals surface area contributed by atoms with Crippen molar-refractivity contribution in [1.82, 2.24) is 29.8 Å². The highest BCUT2D eigenvalue weighted by molar-refractivity contribution is 5.84. The average molecular weight is 344 g/mol. The molecule has 4 heterocycles. The van der Waals surface area contributed by atoms with E-state index in [9.17, 15) is 4.79 Å². The van der Waals surface area contributed by atoms with Gasteiger partial charge in [0.25, 0.3) is 5.91 Å². The van der Waals surface area contributed by atoms with Gasteiger partial charge < -0.3 is 15.0 Å². The number of amides is 1. The van der Waals surface area contributed by atoms with E-state index in [0.717, 1.165) is 31.5 Å². The zero-order valence-electron chi connectivity index (χ0n) is 14.5. The Morgan fingerprint density at radius 2 is 2.20 bits per heavy atom. The molecule has 1 N–H and O–H groups in total. The number of morpholine rings is 1. The van der Waals surface area contributed by atoms with E-state index in [1.807, 2.05) is 41.3 Å². The van der Waals surface area contributed by atoms with Crippen molar-refractivity contribution in [1.29, 1.82) is 0 Å². The molecule has 1 amide bonds. The number of piperidine rings is 1. The SMILES string of the molecule is Cn1cc(C2CN(C(=O)C3(n4cccn4)CCNCC3)CCO2)cn1. The van der Waals surface area contributed by atoms with Crippen LogP contribution in [0.4, 0.5) is 0 Å². The van der Waals surface area contributed by atoms with E-state index >= 15 is 0 Å². The third-order valence-electron chi connectivity index (χ3n) is 5.22. The summed E-state index contributed by atoms with van der Waals surface area (Å²) < 4.78 is 9.50. The highest BCUT2D eigenvalue weighted by Gasteiger charge is 2.45. The number of aryl methyl sites for hydroxylation is 1. The van der Waals surface area contributed by atoms with Gasteiger partial charge in [-0.05, 0) is 32.0 Å². The Balaban J connectivity index is 1.57. The fourth-order valence-electron chi connectivity index (χ4n) is 3.84. The predicted octanol–water partition coefficient (Wildman–Crippen LogP) is 0.295. The van der Waals surface area contributed by atoms with Crippen molar-refractivity contribution < 1.29 is 9.53 Å². The fourth-order valence-corrected chi connectivity index (χ4v) is 3.84. The van der Waals surface area contributed by atoms with Crippen LogP contribution in [0.2, 0.25) is 0 Å². The molecule has 0 radical (unpaired) electrons. The molecule has 8 nitrogen and oxygen atoms in total. The van der Waals surface area contributed by atoms with Gasteiger partial charge >= 0.3 is 0 Å². The molecular formula is C17H24N6O2. The van der Waals surface area contributed by atoms with Crippen molar-refractivity contribution in [3.8, 4) is 0 Å². The average Bonchev–Trinajstić information content (AvgIpc) is 3.34. The van der Waals surface area contributed by atoms with Crippen LogP contribution in [-0.2, 0) is 22.1 Å². The fraction of sp³-hybridized carbons (Fsp3) is 0.588. The molecule has 0 aromatic carbocycles. The van der Waals surface area contributed by atoms with E-state index in [2.05, 4.69) is 15.5 Å². The second kappa shape index (κ2) is 6.61. The summed E-state index contributed by atoms with van der Waals surface area (Å²) >= 11 is 0. The minimum Gasteiger partial charge on any atom is -0.370 e. The van der Waals surface area contributed by atoms with Crippen LogP contribution in [0, 0.1) is 0 Å². The maximum absolute atomic E-state index is 13.5. The van der Waals surface area contributed by atoms with Gasteiger partial charge in [-0.25, -0.2) is 0 Å². The number of nitrogens with zero attached hydrogens (tertiary/aromatic N) is 5. The predicted molar refractivity (Wildman–Crippen MR) is 90.8 cm³/mol. The lowest BCUT2D eigenvalue weighted by Crippen LogP contribution is -2.57. The Morgan fingerprint density at radius 3 is 2.88 bits per heavy atom. The minimum atomic E-state index is -0.592. The summed E-state index contributed by atoms with van der Waals surface area (Å²) in [6, 6.07) is 1.88. The Kier molecular flexibility index (Phi) is 4.30. The number of hydrogen-bond donors (Lipinski definition) is 1. The van der Waals surface area contributed by atoms with Gasteiger partial charge in [0.15, 0.2) is 0 Å². The van der Waals surface area contributed by atoms with E-state index in [1.165, 1.54) is 0 Å². The van der Waals surface area contributed by atoms with E-state index in [4.69, 9.17) is 4.74 Å². The number of carbonyl (C=O) groups is 1. The van der Waals surface area contributed by atoms with Crippen LogP contribution in [0.1, 0.15) is 24.5 Å². The van der Waals surface area contributed by atoms with Crippen LogP contribution in [0.25, 0.3) is 0 Å². The molecule has 2 aliphatic heterocycles. The first-order chi connectivity index (χ1) is 12.2. The van der Waals surface area contributed by atoms with Crippen LogP contribution in [0.15, 0.2) is 30.9 Å². The highest BCUT2D eigenvalue weighted by Crippen LogP contribution is 2.31. The van der Waals surface area contributed by atoms with Gasteiger partial charge in [-0.3, -0.25) is 14.2 Å². The maximum Gasteiger partial charge on any atom is 0.250 e. The lowest BCUT2D eigenvalue weighted by atomic mass is 9.86. The lowest BCUT2D eigenvalue weighted by molar-refractivity contribution is -0.151. The molecule has 25 heavy (non-hydrogen) atoms. The molecule has 8 heteroatoms. The Hall–Kier alpha value is -2.19. The van der Waals surface area contributed by atoms with Crippen LogP contribution in [0.3, 0.4) is 0 Å². The summed E-state index contributed by atoms with van der Waals surface area (Å²) in [4.78, 5) is 15.5. The Bertz CT molecular complexity index is 719. The quantitative estimate of drug-likeness (QED) is 0.866. The molecular weight excluding hydrogens is 320 g/mol. The zero-order chi connectivity index (χ0) is 17.3. The molecule has 0 spiro atoms. The molecule has 2 aromatic rings. The minimum absolute atomic E-state index is 0.122. The Morgan fingerprint density at radius 1 is 1.36 bits per heavy atom. The summed E-state index contributed by atoms with van der Waals surface area (Å²) in [5.74, 6) is 0.148. The van der Waals surface area contributed by atoms with Gasteiger partial charge in [-0.2, -0.15) is 10.2 Å². The number of rotatable bonds is 3. The van der Waals surface area contributed by atoms with E-state index in [1.54, 1.807) is 10.9 Å². The third kappa shape index (κ3) is 2.96. The van der Waals surface area contributed by atoms with Gasteiger partial charge in [0.05, 0.1) is 19.3 Å². The maximum atomic E-state index is 13.5. The van der Waals surface area contributed by atoms with Crippen molar-refractivity contribution in [3.63, 3.8) is 0 Å². The smallest absolute Gasteiger partial charge is 0.250 e. The Labute approximate surface area is 146 Å². The summed E-state index contributed by atoms with van der Waals surface area (Å²) in [6.45, 7) is 3.36. The van der Waals surface area contributed by atoms with Crippen LogP contribution >= 0.6 is 0 Å². The molecule has 1 unspecified atom stereocenters. The van der Waals surface area contributed by atoms with Gasteiger partial charge in [-0.1, -0.05) is 0 Å². The van der Waals surface area contributed by atoms with Gasteiger partial charge in [0.2, 0.25) is 0 Å². The molecule has 0 bridgehead atoms. The molecule has 4 rings (SSSR count). The number of carbonyl (C=O) groups excluding carboxylic acids is 1. The van der Waals surface area contributed by atoms with Crippen LogP contribution in [-0.4, -0.2) is 63.2 Å². The van der Waals surface area contributed by atoms with Crippen molar-refractivity contribution in [3.05, 3.63) is 36.4 Å². The third-order valence-corrected chi connectivity index (χ3v) is 5.22. The largest absolute Gasteiger partial charge is 0.370 e. The molecule has 1 atom stereocenters. The van der Waals surface area contributed by atoms with Crippen LogP contribution < -0.4 is 5.32 Å². The molecule has 134 valence electrons. The van der Waals surface area contributed by atoms with Crippen molar-refractivity contribution >= 4 is 5.91 Å². The molecule has 0 saturated carbocycles. The van der Waals surface area contributed by atoms with Gasteiger partial charge in [-0.15, -0.1) is 0 Å². The first kappa shape index (κ1) is 16.3. The topological polar surface area (TPSA) is 77.2 Å².